The van der Waals surface area contributed by atoms with Crippen LogP contribution in [0.15, 0.2) is 42.5 Å². The number of para-hydroxylation sites is 2. The van der Waals surface area contributed by atoms with E-state index in [0.29, 0.717) is 28.7 Å². The normalized spacial score (nSPS) is 23.9. The van der Waals surface area contributed by atoms with E-state index in [1.54, 1.807) is 21.9 Å². The Hall–Kier alpha value is -3.08. The molecule has 2 aliphatic heterocycles. The van der Waals surface area contributed by atoms with Crippen LogP contribution in [0.1, 0.15) is 30.1 Å². The van der Waals surface area contributed by atoms with Crippen LogP contribution in [0, 0.1) is 17.2 Å². The van der Waals surface area contributed by atoms with E-state index in [1.807, 2.05) is 37.3 Å². The lowest BCUT2D eigenvalue weighted by Crippen LogP contribution is -2.48. The van der Waals surface area contributed by atoms with Crippen molar-refractivity contribution >= 4 is 40.5 Å². The van der Waals surface area contributed by atoms with E-state index >= 15 is 0 Å². The van der Waals surface area contributed by atoms with E-state index < -0.39 is 0 Å². The van der Waals surface area contributed by atoms with E-state index in [4.69, 9.17) is 11.6 Å². The Morgan fingerprint density at radius 1 is 1.28 bits per heavy atom. The molecule has 2 aromatic rings. The molecule has 0 radical (unpaired) electrons. The van der Waals surface area contributed by atoms with Gasteiger partial charge in [-0.3, -0.25) is 9.59 Å². The molecule has 7 nitrogen and oxygen atoms in total. The van der Waals surface area contributed by atoms with E-state index in [2.05, 4.69) is 16.7 Å². The van der Waals surface area contributed by atoms with Crippen LogP contribution >= 0.6 is 11.6 Å². The topological polar surface area (TPSA) is 88.5 Å². The summed E-state index contributed by atoms with van der Waals surface area (Å²) >= 11 is 6.17. The predicted octanol–water partition coefficient (Wildman–Crippen LogP) is 3.53. The zero-order chi connectivity index (χ0) is 22.4. The molecule has 1 saturated heterocycles. The first-order valence-electron chi connectivity index (χ1n) is 10.9. The van der Waals surface area contributed by atoms with E-state index in [1.165, 1.54) is 0 Å². The van der Waals surface area contributed by atoms with Crippen molar-refractivity contribution in [3.05, 3.63) is 53.1 Å². The van der Waals surface area contributed by atoms with Gasteiger partial charge in [0.25, 0.3) is 5.91 Å². The van der Waals surface area contributed by atoms with Crippen molar-refractivity contribution in [3.8, 4) is 6.07 Å². The number of anilines is 3. The molecule has 2 amide bonds. The molecular formula is C24H24ClN5O2. The van der Waals surface area contributed by atoms with E-state index in [9.17, 15) is 14.9 Å². The first kappa shape index (κ1) is 20.8. The summed E-state index contributed by atoms with van der Waals surface area (Å²) in [7, 11) is 0. The lowest BCUT2D eigenvalue weighted by atomic mass is 10.1. The van der Waals surface area contributed by atoms with Gasteiger partial charge < -0.3 is 20.4 Å². The highest BCUT2D eigenvalue weighted by Crippen LogP contribution is 2.47. The number of hydrogen-bond acceptors (Lipinski definition) is 5. The maximum atomic E-state index is 13.5. The Labute approximate surface area is 191 Å². The van der Waals surface area contributed by atoms with Crippen molar-refractivity contribution in [1.29, 1.82) is 5.26 Å². The van der Waals surface area contributed by atoms with Crippen LogP contribution in [-0.2, 0) is 4.79 Å². The molecule has 164 valence electrons. The fraction of sp³-hybridized carbons (Fsp3) is 0.375. The number of fused-ring (bicyclic) bond motifs is 3. The highest BCUT2D eigenvalue weighted by Gasteiger charge is 2.53. The van der Waals surface area contributed by atoms with Gasteiger partial charge in [-0.15, -0.1) is 0 Å². The number of nitrogens with zero attached hydrogens (tertiary/aromatic N) is 3. The highest BCUT2D eigenvalue weighted by molar-refractivity contribution is 6.31. The van der Waals surface area contributed by atoms with Gasteiger partial charge in [-0.2, -0.15) is 5.26 Å². The van der Waals surface area contributed by atoms with Crippen molar-refractivity contribution in [1.82, 2.24) is 10.2 Å². The predicted molar refractivity (Wildman–Crippen MR) is 123 cm³/mol. The monoisotopic (exact) mass is 449 g/mol. The van der Waals surface area contributed by atoms with E-state index in [0.717, 1.165) is 24.2 Å². The molecule has 8 heteroatoms. The van der Waals surface area contributed by atoms with Crippen molar-refractivity contribution in [2.24, 2.45) is 5.92 Å². The van der Waals surface area contributed by atoms with Crippen molar-refractivity contribution < 1.29 is 9.59 Å². The molecule has 1 aliphatic carbocycles. The molecule has 5 rings (SSSR count). The second kappa shape index (κ2) is 8.12. The zero-order valence-corrected chi connectivity index (χ0v) is 18.5. The SMILES string of the molecule is C[C@@H](CN1C(=O)c2cc(Cl)ccc2Nc2ccccc21)NCC(=O)N1[C@H](C#N)C[C@@H]2C[C@@H]21. The second-order valence-electron chi connectivity index (χ2n) is 8.77. The minimum Gasteiger partial charge on any atom is -0.353 e. The number of halogens is 1. The lowest BCUT2D eigenvalue weighted by Gasteiger charge is -2.28. The van der Waals surface area contributed by atoms with Crippen LogP contribution in [-0.4, -0.2) is 47.9 Å². The summed E-state index contributed by atoms with van der Waals surface area (Å²) < 4.78 is 0. The largest absolute Gasteiger partial charge is 0.353 e. The number of hydrogen-bond donors (Lipinski definition) is 2. The number of benzene rings is 2. The summed E-state index contributed by atoms with van der Waals surface area (Å²) in [6.07, 6.45) is 1.80. The third-order valence-corrected chi connectivity index (χ3v) is 6.76. The minimum atomic E-state index is -0.310. The van der Waals surface area contributed by atoms with Crippen molar-refractivity contribution in [3.63, 3.8) is 0 Å². The van der Waals surface area contributed by atoms with Gasteiger partial charge in [0.15, 0.2) is 0 Å². The van der Waals surface area contributed by atoms with Gasteiger partial charge >= 0.3 is 0 Å². The number of carbonyl (C=O) groups excluding carboxylic acids is 2. The summed E-state index contributed by atoms with van der Waals surface area (Å²) in [6, 6.07) is 14.9. The van der Waals surface area contributed by atoms with Gasteiger partial charge in [-0.05, 0) is 56.0 Å². The Morgan fingerprint density at radius 3 is 2.91 bits per heavy atom. The summed E-state index contributed by atoms with van der Waals surface area (Å²) in [5, 5.41) is 16.4. The number of nitriles is 1. The molecule has 4 atom stereocenters. The third kappa shape index (κ3) is 3.70. The molecule has 0 spiro atoms. The average Bonchev–Trinajstić information content (AvgIpc) is 3.48. The van der Waals surface area contributed by atoms with Crippen LogP contribution in [0.25, 0.3) is 0 Å². The molecule has 1 saturated carbocycles. The van der Waals surface area contributed by atoms with Crippen molar-refractivity contribution in [2.75, 3.05) is 23.3 Å². The Morgan fingerprint density at radius 2 is 2.09 bits per heavy atom. The number of nitrogens with one attached hydrogen (secondary N) is 2. The molecule has 2 heterocycles. The van der Waals surface area contributed by atoms with Gasteiger partial charge in [0.2, 0.25) is 5.91 Å². The summed E-state index contributed by atoms with van der Waals surface area (Å²) in [6.45, 7) is 2.48. The fourth-order valence-corrected chi connectivity index (χ4v) is 4.99. The molecule has 2 N–H and O–H groups in total. The Kier molecular flexibility index (Phi) is 5.28. The molecular weight excluding hydrogens is 426 g/mol. The smallest absolute Gasteiger partial charge is 0.260 e. The van der Waals surface area contributed by atoms with E-state index in [-0.39, 0.29) is 36.5 Å². The maximum absolute atomic E-state index is 13.5. The highest BCUT2D eigenvalue weighted by atomic mass is 35.5. The van der Waals surface area contributed by atoms with Gasteiger partial charge in [-0.1, -0.05) is 23.7 Å². The number of carbonyl (C=O) groups is 2. The number of amides is 2. The molecule has 32 heavy (non-hydrogen) atoms. The van der Waals surface area contributed by atoms with Crippen LogP contribution in [0.2, 0.25) is 5.02 Å². The number of likely N-dealkylation sites (tertiary alicyclic amines) is 1. The van der Waals surface area contributed by atoms with Crippen LogP contribution < -0.4 is 15.5 Å². The Bertz CT molecular complexity index is 1130. The maximum Gasteiger partial charge on any atom is 0.260 e. The standard InChI is InChI=1S/C24H24ClN5O2/c1-14(27-12-23(31)30-17(11-26)8-15-9-22(15)30)13-29-21-5-3-2-4-20(21)28-19-7-6-16(25)10-18(19)24(29)32/h2-7,10,14-15,17,22,27-28H,8-9,12-13H2,1H3/t14-,15+,17-,22-/m0/s1. The quantitative estimate of drug-likeness (QED) is 0.728. The van der Waals surface area contributed by atoms with Crippen LogP contribution in [0.3, 0.4) is 0 Å². The minimum absolute atomic E-state index is 0.0465. The first-order chi connectivity index (χ1) is 15.5. The van der Waals surface area contributed by atoms with Crippen LogP contribution in [0.4, 0.5) is 17.1 Å². The summed E-state index contributed by atoms with van der Waals surface area (Å²) in [5.74, 6) is 0.297. The molecule has 0 unspecified atom stereocenters. The number of rotatable bonds is 5. The zero-order valence-electron chi connectivity index (χ0n) is 17.7. The molecule has 0 aromatic heterocycles. The number of piperidine rings is 1. The molecule has 3 aliphatic rings. The Balaban J connectivity index is 1.32. The molecule has 0 bridgehead atoms. The fourth-order valence-electron chi connectivity index (χ4n) is 4.82. The lowest BCUT2D eigenvalue weighted by molar-refractivity contribution is -0.131. The first-order valence-corrected chi connectivity index (χ1v) is 11.3. The second-order valence-corrected chi connectivity index (χ2v) is 9.21. The molecule has 2 aromatic carbocycles. The van der Waals surface area contributed by atoms with Gasteiger partial charge in [0, 0.05) is 23.7 Å². The molecule has 2 fully saturated rings. The van der Waals surface area contributed by atoms with Crippen molar-refractivity contribution in [2.45, 2.75) is 37.9 Å². The third-order valence-electron chi connectivity index (χ3n) is 6.52. The van der Waals surface area contributed by atoms with Gasteiger partial charge in [0.1, 0.15) is 6.04 Å². The average molecular weight is 450 g/mol. The summed E-state index contributed by atoms with van der Waals surface area (Å²) in [5.41, 5.74) is 2.82. The van der Waals surface area contributed by atoms with Gasteiger partial charge in [-0.25, -0.2) is 0 Å². The summed E-state index contributed by atoms with van der Waals surface area (Å²) in [4.78, 5) is 29.7. The van der Waals surface area contributed by atoms with Gasteiger partial charge in [0.05, 0.1) is 35.2 Å². The van der Waals surface area contributed by atoms with Crippen LogP contribution in [0.5, 0.6) is 0 Å².